The van der Waals surface area contributed by atoms with Crippen molar-refractivity contribution in [2.75, 3.05) is 5.32 Å². The van der Waals surface area contributed by atoms with Gasteiger partial charge in [-0.05, 0) is 50.0 Å². The van der Waals surface area contributed by atoms with E-state index in [9.17, 15) is 4.79 Å². The van der Waals surface area contributed by atoms with Gasteiger partial charge in [-0.1, -0.05) is 54.6 Å². The van der Waals surface area contributed by atoms with E-state index in [0.717, 1.165) is 23.4 Å². The third-order valence-corrected chi connectivity index (χ3v) is 4.08. The molecule has 2 N–H and O–H groups in total. The molecule has 25 heavy (non-hydrogen) atoms. The lowest BCUT2D eigenvalue weighted by atomic mass is 10.0. The Hall–Kier alpha value is -2.81. The van der Waals surface area contributed by atoms with Crippen LogP contribution in [0.25, 0.3) is 0 Å². The topological polar surface area (TPSA) is 41.1 Å². The van der Waals surface area contributed by atoms with Crippen LogP contribution in [0.1, 0.15) is 18.9 Å². The zero-order valence-electron chi connectivity index (χ0n) is 14.4. The minimum atomic E-state index is 0.000132. The molecule has 3 heteroatoms. The van der Waals surface area contributed by atoms with Gasteiger partial charge >= 0.3 is 0 Å². The van der Waals surface area contributed by atoms with Crippen LogP contribution in [-0.4, -0.2) is 11.9 Å². The third-order valence-electron chi connectivity index (χ3n) is 4.08. The Morgan fingerprint density at radius 1 is 1.04 bits per heavy atom. The fraction of sp³-hybridized carbons (Fsp3) is 0.182. The molecule has 0 spiro atoms. The molecule has 0 saturated heterocycles. The predicted molar refractivity (Wildman–Crippen MR) is 103 cm³/mol. The number of nitrogens with one attached hydrogen (secondary N) is 2. The summed E-state index contributed by atoms with van der Waals surface area (Å²) in [5, 5.41) is 6.43. The van der Waals surface area contributed by atoms with Gasteiger partial charge in [0.15, 0.2) is 0 Å². The lowest BCUT2D eigenvalue weighted by Gasteiger charge is -2.18. The highest BCUT2D eigenvalue weighted by molar-refractivity contribution is 5.94. The van der Waals surface area contributed by atoms with Crippen molar-refractivity contribution >= 4 is 11.6 Å². The number of hydrogen-bond donors (Lipinski definition) is 2. The summed E-state index contributed by atoms with van der Waals surface area (Å²) < 4.78 is 0. The Morgan fingerprint density at radius 2 is 1.72 bits per heavy atom. The Labute approximate surface area is 149 Å². The molecule has 1 amide bonds. The van der Waals surface area contributed by atoms with Crippen molar-refractivity contribution < 1.29 is 4.79 Å². The average molecular weight is 331 g/mol. The summed E-state index contributed by atoms with van der Waals surface area (Å²) in [5.41, 5.74) is 3.95. The van der Waals surface area contributed by atoms with Crippen LogP contribution >= 0.6 is 0 Å². The Kier molecular flexibility index (Phi) is 5.68. The van der Waals surface area contributed by atoms with Gasteiger partial charge in [-0.3, -0.25) is 4.79 Å². The van der Waals surface area contributed by atoms with Crippen molar-refractivity contribution in [1.29, 1.82) is 0 Å². The van der Waals surface area contributed by atoms with Gasteiger partial charge in [0.05, 0.1) is 0 Å². The molecule has 1 atom stereocenters. The second kappa shape index (κ2) is 8.34. The fourth-order valence-corrected chi connectivity index (χ4v) is 2.87. The lowest BCUT2D eigenvalue weighted by Crippen LogP contribution is -2.35. The maximum Gasteiger partial charge on any atom is 0.247 e. The zero-order valence-corrected chi connectivity index (χ0v) is 14.4. The van der Waals surface area contributed by atoms with E-state index < -0.39 is 0 Å². The summed E-state index contributed by atoms with van der Waals surface area (Å²) in [7, 11) is 0. The standard InChI is InChI=1S/C22H23N2O/c1-17(15-18-9-4-2-5-10-18)23-22(25)19-11-8-14-21(16-19)24-20-12-6-3-7-13-20/h2-10,12-14,16-17,24H,11,15H2,1H3,(H,23,25). The van der Waals surface area contributed by atoms with Gasteiger partial charge in [-0.2, -0.15) is 0 Å². The molecule has 0 aliphatic heterocycles. The maximum atomic E-state index is 12.5. The third kappa shape index (κ3) is 5.08. The van der Waals surface area contributed by atoms with E-state index in [1.807, 2.05) is 74.0 Å². The molecule has 3 nitrogen and oxygen atoms in total. The highest BCUT2D eigenvalue weighted by atomic mass is 16.1. The Balaban J connectivity index is 1.58. The lowest BCUT2D eigenvalue weighted by molar-refractivity contribution is -0.118. The number of carbonyl (C=O) groups excluding carboxylic acids is 1. The monoisotopic (exact) mass is 331 g/mol. The zero-order chi connectivity index (χ0) is 17.5. The van der Waals surface area contributed by atoms with Crippen LogP contribution in [-0.2, 0) is 11.2 Å². The summed E-state index contributed by atoms with van der Waals surface area (Å²) in [5.74, 6) is 0.000132. The molecule has 0 fully saturated rings. The minimum Gasteiger partial charge on any atom is -0.356 e. The molecule has 1 aliphatic rings. The van der Waals surface area contributed by atoms with E-state index in [2.05, 4.69) is 22.8 Å². The molecule has 0 aromatic heterocycles. The predicted octanol–water partition coefficient (Wildman–Crippen LogP) is 4.26. The highest BCUT2D eigenvalue weighted by Crippen LogP contribution is 2.19. The molecular weight excluding hydrogens is 308 g/mol. The molecule has 1 aliphatic carbocycles. The Morgan fingerprint density at radius 3 is 2.44 bits per heavy atom. The maximum absolute atomic E-state index is 12.5. The molecule has 1 radical (unpaired) electrons. The van der Waals surface area contributed by atoms with Gasteiger partial charge < -0.3 is 10.6 Å². The van der Waals surface area contributed by atoms with Crippen molar-refractivity contribution in [1.82, 2.24) is 5.32 Å². The molecule has 127 valence electrons. The molecule has 0 saturated carbocycles. The minimum absolute atomic E-state index is 0.000132. The van der Waals surface area contributed by atoms with E-state index in [0.29, 0.717) is 6.42 Å². The van der Waals surface area contributed by atoms with Crippen molar-refractivity contribution in [3.8, 4) is 0 Å². The van der Waals surface area contributed by atoms with E-state index in [1.54, 1.807) is 0 Å². The van der Waals surface area contributed by atoms with Crippen LogP contribution in [0.5, 0.6) is 0 Å². The largest absolute Gasteiger partial charge is 0.356 e. The first-order valence-corrected chi connectivity index (χ1v) is 8.61. The number of rotatable bonds is 6. The summed E-state index contributed by atoms with van der Waals surface area (Å²) in [6.45, 7) is 2.04. The van der Waals surface area contributed by atoms with Gasteiger partial charge in [0.1, 0.15) is 0 Å². The summed E-state index contributed by atoms with van der Waals surface area (Å²) in [6.07, 6.45) is 7.44. The number of amides is 1. The molecule has 0 bridgehead atoms. The molecular formula is C22H23N2O. The second-order valence-corrected chi connectivity index (χ2v) is 6.29. The summed E-state index contributed by atoms with van der Waals surface area (Å²) in [4.78, 5) is 12.5. The quantitative estimate of drug-likeness (QED) is 0.830. The second-order valence-electron chi connectivity index (χ2n) is 6.29. The van der Waals surface area contributed by atoms with Gasteiger partial charge in [0.25, 0.3) is 0 Å². The van der Waals surface area contributed by atoms with Gasteiger partial charge in [-0.25, -0.2) is 0 Å². The molecule has 0 heterocycles. The number of anilines is 1. The summed E-state index contributed by atoms with van der Waals surface area (Å²) in [6, 6.07) is 20.3. The van der Waals surface area contributed by atoms with Gasteiger partial charge in [0, 0.05) is 23.0 Å². The SMILES string of the molecule is CC(Cc1ccccc1)NC(=O)C1=CC(Nc2ccccc2)=C[CH]C1. The van der Waals surface area contributed by atoms with Crippen LogP contribution in [0, 0.1) is 6.42 Å². The first kappa shape index (κ1) is 17.0. The fourth-order valence-electron chi connectivity index (χ4n) is 2.87. The Bertz CT molecular complexity index is 763. The number of benzene rings is 2. The first-order valence-electron chi connectivity index (χ1n) is 8.61. The number of hydrogen-bond acceptors (Lipinski definition) is 2. The highest BCUT2D eigenvalue weighted by Gasteiger charge is 2.16. The van der Waals surface area contributed by atoms with Gasteiger partial charge in [-0.15, -0.1) is 0 Å². The van der Waals surface area contributed by atoms with Crippen molar-refractivity contribution in [2.45, 2.75) is 25.8 Å². The van der Waals surface area contributed by atoms with Crippen LogP contribution in [0.2, 0.25) is 0 Å². The molecule has 2 aromatic carbocycles. The number of carbonyl (C=O) groups is 1. The normalized spacial score (nSPS) is 14.9. The smallest absolute Gasteiger partial charge is 0.247 e. The van der Waals surface area contributed by atoms with Crippen molar-refractivity contribution in [2.24, 2.45) is 0 Å². The van der Waals surface area contributed by atoms with Crippen molar-refractivity contribution in [3.05, 3.63) is 96.1 Å². The summed E-state index contributed by atoms with van der Waals surface area (Å²) >= 11 is 0. The van der Waals surface area contributed by atoms with E-state index in [-0.39, 0.29) is 11.9 Å². The van der Waals surface area contributed by atoms with Crippen LogP contribution in [0.3, 0.4) is 0 Å². The van der Waals surface area contributed by atoms with Crippen LogP contribution in [0.15, 0.2) is 84.1 Å². The van der Waals surface area contributed by atoms with Crippen molar-refractivity contribution in [3.63, 3.8) is 0 Å². The van der Waals surface area contributed by atoms with Crippen LogP contribution < -0.4 is 10.6 Å². The van der Waals surface area contributed by atoms with Crippen LogP contribution in [0.4, 0.5) is 5.69 Å². The van der Waals surface area contributed by atoms with E-state index >= 15 is 0 Å². The van der Waals surface area contributed by atoms with Gasteiger partial charge in [0.2, 0.25) is 5.91 Å². The van der Waals surface area contributed by atoms with E-state index in [1.165, 1.54) is 5.56 Å². The number of para-hydroxylation sites is 1. The van der Waals surface area contributed by atoms with E-state index in [4.69, 9.17) is 0 Å². The molecule has 1 unspecified atom stereocenters. The molecule has 2 aromatic rings. The molecule has 3 rings (SSSR count). The first-order chi connectivity index (χ1) is 12.2. The number of allylic oxidation sites excluding steroid dienone is 2. The average Bonchev–Trinajstić information content (AvgIpc) is 2.63.